The van der Waals surface area contributed by atoms with Gasteiger partial charge >= 0.3 is 12.1 Å². The van der Waals surface area contributed by atoms with Crippen molar-refractivity contribution in [2.45, 2.75) is 25.3 Å². The Kier molecular flexibility index (Phi) is 4.99. The van der Waals surface area contributed by atoms with E-state index in [0.717, 1.165) is 22.3 Å². The van der Waals surface area contributed by atoms with Crippen LogP contribution in [0.3, 0.4) is 0 Å². The lowest BCUT2D eigenvalue weighted by molar-refractivity contribution is -0.139. The summed E-state index contributed by atoms with van der Waals surface area (Å²) in [5, 5.41) is 15.3. The van der Waals surface area contributed by atoms with Gasteiger partial charge in [-0.15, -0.1) is 0 Å². The Morgan fingerprint density at radius 1 is 1.14 bits per heavy atom. The second kappa shape index (κ2) is 7.75. The van der Waals surface area contributed by atoms with Crippen LogP contribution in [0.2, 0.25) is 0 Å². The van der Waals surface area contributed by atoms with Gasteiger partial charge in [0.25, 0.3) is 0 Å². The highest BCUT2D eigenvalue weighted by molar-refractivity contribution is 5.81. The van der Waals surface area contributed by atoms with Gasteiger partial charge in [0.05, 0.1) is 6.42 Å². The maximum Gasteiger partial charge on any atom is 0.407 e. The predicted molar refractivity (Wildman–Crippen MR) is 102 cm³/mol. The molecule has 1 heterocycles. The zero-order valence-electron chi connectivity index (χ0n) is 15.7. The molecule has 0 aliphatic heterocycles. The Labute approximate surface area is 166 Å². The van der Waals surface area contributed by atoms with Crippen molar-refractivity contribution < 1.29 is 24.0 Å². The molecule has 3 aromatic rings. The monoisotopic (exact) mass is 393 g/mol. The number of fused-ring (bicyclic) bond motifs is 3. The molecule has 0 saturated carbocycles. The normalized spacial score (nSPS) is 13.4. The van der Waals surface area contributed by atoms with Crippen molar-refractivity contribution in [3.63, 3.8) is 0 Å². The number of nitrogens with one attached hydrogen (secondary N) is 1. The van der Waals surface area contributed by atoms with Crippen LogP contribution in [-0.4, -0.2) is 40.0 Å². The van der Waals surface area contributed by atoms with Gasteiger partial charge in [0.15, 0.2) is 5.82 Å². The van der Waals surface area contributed by atoms with Gasteiger partial charge in [0.2, 0.25) is 5.89 Å². The number of carbonyl (C=O) groups excluding carboxylic acids is 1. The third kappa shape index (κ3) is 3.82. The van der Waals surface area contributed by atoms with Crippen molar-refractivity contribution in [1.29, 1.82) is 0 Å². The SMILES string of the molecule is Cc1noc(C[C@H](NC(=O)OCC2c3ccccc3-c3ccccc32)C(=O)O)n1. The van der Waals surface area contributed by atoms with Crippen LogP contribution in [0, 0.1) is 6.92 Å². The van der Waals surface area contributed by atoms with Crippen LogP contribution >= 0.6 is 0 Å². The summed E-state index contributed by atoms with van der Waals surface area (Å²) in [7, 11) is 0. The van der Waals surface area contributed by atoms with Gasteiger partial charge in [0, 0.05) is 5.92 Å². The summed E-state index contributed by atoms with van der Waals surface area (Å²) in [6.45, 7) is 1.73. The largest absolute Gasteiger partial charge is 0.480 e. The maximum atomic E-state index is 12.3. The fourth-order valence-corrected chi connectivity index (χ4v) is 3.58. The lowest BCUT2D eigenvalue weighted by atomic mass is 9.98. The molecule has 0 unspecified atom stereocenters. The predicted octanol–water partition coefficient (Wildman–Crippen LogP) is 2.91. The average Bonchev–Trinajstić information content (AvgIpc) is 3.27. The molecular formula is C21H19N3O5. The number of benzene rings is 2. The van der Waals surface area contributed by atoms with E-state index < -0.39 is 18.1 Å². The van der Waals surface area contributed by atoms with Crippen molar-refractivity contribution >= 4 is 12.1 Å². The molecule has 8 heteroatoms. The van der Waals surface area contributed by atoms with Crippen LogP contribution in [-0.2, 0) is 16.0 Å². The summed E-state index contributed by atoms with van der Waals surface area (Å²) in [6, 6.07) is 14.7. The van der Waals surface area contributed by atoms with Crippen LogP contribution in [0.5, 0.6) is 0 Å². The fourth-order valence-electron chi connectivity index (χ4n) is 3.58. The molecule has 2 aromatic carbocycles. The number of hydrogen-bond donors (Lipinski definition) is 2. The standard InChI is InChI=1S/C21H19N3O5/c1-12-22-19(29-24-12)10-18(20(25)26)23-21(27)28-11-17-15-8-4-2-6-13(15)14-7-3-5-9-16(14)17/h2-9,17-18H,10-11H2,1H3,(H,23,27)(H,25,26)/t18-/m0/s1. The number of carboxylic acids is 1. The Morgan fingerprint density at radius 3 is 2.31 bits per heavy atom. The first-order chi connectivity index (χ1) is 14.0. The smallest absolute Gasteiger partial charge is 0.407 e. The van der Waals surface area contributed by atoms with Gasteiger partial charge < -0.3 is 19.7 Å². The molecule has 1 atom stereocenters. The molecular weight excluding hydrogens is 374 g/mol. The van der Waals surface area contributed by atoms with Gasteiger partial charge in [-0.05, 0) is 29.2 Å². The molecule has 1 aliphatic carbocycles. The molecule has 0 radical (unpaired) electrons. The highest BCUT2D eigenvalue weighted by Crippen LogP contribution is 2.44. The van der Waals surface area contributed by atoms with Gasteiger partial charge in [0.1, 0.15) is 12.6 Å². The lowest BCUT2D eigenvalue weighted by Gasteiger charge is -2.16. The van der Waals surface area contributed by atoms with E-state index in [-0.39, 0.29) is 24.8 Å². The quantitative estimate of drug-likeness (QED) is 0.662. The molecule has 2 N–H and O–H groups in total. The summed E-state index contributed by atoms with van der Waals surface area (Å²) in [5.41, 5.74) is 4.40. The summed E-state index contributed by atoms with van der Waals surface area (Å²) in [6.07, 6.45) is -0.934. The molecule has 0 spiro atoms. The van der Waals surface area contributed by atoms with E-state index in [0.29, 0.717) is 5.82 Å². The maximum absolute atomic E-state index is 12.3. The highest BCUT2D eigenvalue weighted by atomic mass is 16.5. The number of aromatic nitrogens is 2. The topological polar surface area (TPSA) is 115 Å². The zero-order chi connectivity index (χ0) is 20.4. The number of carboxylic acid groups (broad SMARTS) is 1. The minimum Gasteiger partial charge on any atom is -0.480 e. The van der Waals surface area contributed by atoms with Crippen molar-refractivity contribution in [2.24, 2.45) is 0 Å². The van der Waals surface area contributed by atoms with Crippen molar-refractivity contribution in [2.75, 3.05) is 6.61 Å². The fraction of sp³-hybridized carbons (Fsp3) is 0.238. The molecule has 1 aromatic heterocycles. The first kappa shape index (κ1) is 18.7. The van der Waals surface area contributed by atoms with Crippen LogP contribution in [0.25, 0.3) is 11.1 Å². The Morgan fingerprint density at radius 2 is 1.76 bits per heavy atom. The number of aliphatic carboxylic acids is 1. The van der Waals surface area contributed by atoms with Crippen molar-refractivity contribution in [3.05, 3.63) is 71.4 Å². The van der Waals surface area contributed by atoms with Gasteiger partial charge in [-0.3, -0.25) is 0 Å². The Balaban J connectivity index is 1.43. The number of nitrogens with zero attached hydrogens (tertiary/aromatic N) is 2. The minimum atomic E-state index is -1.23. The van der Waals surface area contributed by atoms with E-state index in [1.54, 1.807) is 6.92 Å². The number of amides is 1. The third-order valence-corrected chi connectivity index (χ3v) is 4.88. The minimum absolute atomic E-state index is 0.102. The molecule has 0 fully saturated rings. The van der Waals surface area contributed by atoms with Crippen LogP contribution in [0.4, 0.5) is 4.79 Å². The van der Waals surface area contributed by atoms with Crippen LogP contribution in [0.15, 0.2) is 53.1 Å². The lowest BCUT2D eigenvalue weighted by Crippen LogP contribution is -2.43. The number of ether oxygens (including phenoxy) is 1. The number of aryl methyl sites for hydroxylation is 1. The Hall–Kier alpha value is -3.68. The molecule has 4 rings (SSSR count). The summed E-state index contributed by atoms with van der Waals surface area (Å²) in [4.78, 5) is 27.7. The third-order valence-electron chi connectivity index (χ3n) is 4.88. The summed E-state index contributed by atoms with van der Waals surface area (Å²) in [5.74, 6) is -0.788. The second-order valence-corrected chi connectivity index (χ2v) is 6.80. The first-order valence-corrected chi connectivity index (χ1v) is 9.16. The highest BCUT2D eigenvalue weighted by Gasteiger charge is 2.30. The molecule has 1 aliphatic rings. The van der Waals surface area contributed by atoms with E-state index in [1.807, 2.05) is 48.5 Å². The van der Waals surface area contributed by atoms with E-state index in [1.165, 1.54) is 0 Å². The van der Waals surface area contributed by atoms with Crippen molar-refractivity contribution in [3.8, 4) is 11.1 Å². The van der Waals surface area contributed by atoms with E-state index in [9.17, 15) is 14.7 Å². The van der Waals surface area contributed by atoms with Crippen LogP contribution in [0.1, 0.15) is 28.8 Å². The molecule has 0 saturated heterocycles. The van der Waals surface area contributed by atoms with Gasteiger partial charge in [-0.25, -0.2) is 9.59 Å². The molecule has 1 amide bonds. The number of rotatable bonds is 6. The van der Waals surface area contributed by atoms with Crippen LogP contribution < -0.4 is 5.32 Å². The van der Waals surface area contributed by atoms with E-state index >= 15 is 0 Å². The van der Waals surface area contributed by atoms with Gasteiger partial charge in [-0.1, -0.05) is 53.7 Å². The number of alkyl carbamates (subject to hydrolysis) is 1. The van der Waals surface area contributed by atoms with E-state index in [2.05, 4.69) is 15.5 Å². The molecule has 8 nitrogen and oxygen atoms in total. The summed E-state index contributed by atoms with van der Waals surface area (Å²) >= 11 is 0. The molecule has 0 bridgehead atoms. The number of hydrogen-bond acceptors (Lipinski definition) is 6. The average molecular weight is 393 g/mol. The van der Waals surface area contributed by atoms with Crippen molar-refractivity contribution in [1.82, 2.24) is 15.5 Å². The second-order valence-electron chi connectivity index (χ2n) is 6.80. The zero-order valence-corrected chi connectivity index (χ0v) is 15.7. The van der Waals surface area contributed by atoms with E-state index in [4.69, 9.17) is 9.26 Å². The number of carbonyl (C=O) groups is 2. The Bertz CT molecular complexity index is 1020. The first-order valence-electron chi connectivity index (χ1n) is 9.16. The molecule has 29 heavy (non-hydrogen) atoms. The summed E-state index contributed by atoms with van der Waals surface area (Å²) < 4.78 is 10.3. The molecule has 148 valence electrons. The van der Waals surface area contributed by atoms with Gasteiger partial charge in [-0.2, -0.15) is 4.98 Å².